The van der Waals surface area contributed by atoms with E-state index in [9.17, 15) is 14.3 Å². The molecule has 0 spiro atoms. The first-order chi connectivity index (χ1) is 13.9. The van der Waals surface area contributed by atoms with E-state index in [4.69, 9.17) is 27.9 Å². The number of aromatic nitrogens is 1. The average molecular weight is 450 g/mol. The van der Waals surface area contributed by atoms with E-state index < -0.39 is 11.8 Å². The molecule has 29 heavy (non-hydrogen) atoms. The van der Waals surface area contributed by atoms with E-state index in [1.165, 1.54) is 24.5 Å². The summed E-state index contributed by atoms with van der Waals surface area (Å²) in [6.45, 7) is 0. The Balaban J connectivity index is 1.97. The highest BCUT2D eigenvalue weighted by Gasteiger charge is 2.16. The lowest BCUT2D eigenvalue weighted by molar-refractivity contribution is -0.130. The summed E-state index contributed by atoms with van der Waals surface area (Å²) in [5.41, 5.74) is 1.50. The Morgan fingerprint density at radius 3 is 2.66 bits per heavy atom. The number of ether oxygens (including phenoxy) is 1. The summed E-state index contributed by atoms with van der Waals surface area (Å²) in [4.78, 5) is 15.8. The minimum Gasteiger partial charge on any atom is -0.503 e. The molecule has 0 aliphatic carbocycles. The number of carbonyl (C=O) groups is 1. The van der Waals surface area contributed by atoms with Gasteiger partial charge in [-0.05, 0) is 29.3 Å². The molecule has 8 heteroatoms. The van der Waals surface area contributed by atoms with Crippen molar-refractivity contribution in [2.75, 3.05) is 7.11 Å². The number of rotatable bonds is 6. The Bertz CT molecular complexity index is 1120. The molecule has 0 unspecified atom stereocenters. The number of carboxylic acids is 1. The van der Waals surface area contributed by atoms with E-state index in [-0.39, 0.29) is 11.3 Å². The van der Waals surface area contributed by atoms with Crippen LogP contribution in [0.4, 0.5) is 4.39 Å². The van der Waals surface area contributed by atoms with Gasteiger partial charge in [0.1, 0.15) is 22.1 Å². The lowest BCUT2D eigenvalue weighted by Crippen LogP contribution is -2.02. The summed E-state index contributed by atoms with van der Waals surface area (Å²) < 4.78 is 19.7. The molecule has 0 saturated heterocycles. The molecular formula is C21H14Cl2FNO3S. The molecule has 3 aromatic rings. The first kappa shape index (κ1) is 21.0. The van der Waals surface area contributed by atoms with Crippen LogP contribution in [-0.4, -0.2) is 23.2 Å². The summed E-state index contributed by atoms with van der Waals surface area (Å²) in [6.07, 6.45) is 2.35. The minimum atomic E-state index is -1.18. The predicted molar refractivity (Wildman–Crippen MR) is 116 cm³/mol. The van der Waals surface area contributed by atoms with Crippen LogP contribution in [-0.2, 0) is 9.53 Å². The van der Waals surface area contributed by atoms with Crippen LogP contribution >= 0.6 is 34.5 Å². The molecule has 2 aromatic carbocycles. The highest BCUT2D eigenvalue weighted by atomic mass is 35.5. The highest BCUT2D eigenvalue weighted by Crippen LogP contribution is 2.33. The molecule has 1 N–H and O–H groups in total. The Labute approximate surface area is 180 Å². The summed E-state index contributed by atoms with van der Waals surface area (Å²) in [5.74, 6) is -1.77. The minimum absolute atomic E-state index is 0.0816. The molecular weight excluding hydrogens is 436 g/mol. The van der Waals surface area contributed by atoms with E-state index in [1.54, 1.807) is 47.8 Å². The van der Waals surface area contributed by atoms with E-state index in [2.05, 4.69) is 4.98 Å². The largest absolute Gasteiger partial charge is 0.503 e. The molecule has 0 atom stereocenters. The third kappa shape index (κ3) is 4.85. The molecule has 1 heterocycles. The van der Waals surface area contributed by atoms with Gasteiger partial charge in [-0.15, -0.1) is 11.3 Å². The SMILES string of the molecule is CO/C=C(\C(=O)O)c1ccccc1/C=C(\F)c1csc(-c2ccc(Cl)c(Cl)c2)n1. The van der Waals surface area contributed by atoms with Gasteiger partial charge in [-0.3, -0.25) is 0 Å². The molecule has 0 aliphatic rings. The van der Waals surface area contributed by atoms with Gasteiger partial charge >= 0.3 is 5.97 Å². The number of benzene rings is 2. The van der Waals surface area contributed by atoms with Crippen LogP contribution in [0.25, 0.3) is 28.0 Å². The third-order valence-electron chi connectivity index (χ3n) is 3.91. The second kappa shape index (κ2) is 9.22. The molecule has 0 aliphatic heterocycles. The fourth-order valence-corrected chi connectivity index (χ4v) is 3.67. The Morgan fingerprint density at radius 2 is 1.97 bits per heavy atom. The van der Waals surface area contributed by atoms with Crippen molar-refractivity contribution in [3.63, 3.8) is 0 Å². The normalized spacial score (nSPS) is 12.1. The number of carboxylic acid groups (broad SMARTS) is 1. The van der Waals surface area contributed by atoms with Gasteiger partial charge in [0.25, 0.3) is 0 Å². The Hall–Kier alpha value is -2.67. The maximum Gasteiger partial charge on any atom is 0.339 e. The van der Waals surface area contributed by atoms with Gasteiger partial charge in [-0.2, -0.15) is 0 Å². The van der Waals surface area contributed by atoms with Crippen molar-refractivity contribution in [2.24, 2.45) is 0 Å². The fourth-order valence-electron chi connectivity index (χ4n) is 2.57. The number of hydrogen-bond acceptors (Lipinski definition) is 4. The number of hydrogen-bond donors (Lipinski definition) is 1. The van der Waals surface area contributed by atoms with E-state index in [1.807, 2.05) is 0 Å². The lowest BCUT2D eigenvalue weighted by Gasteiger charge is -2.07. The number of aliphatic carboxylic acids is 1. The number of halogens is 3. The maximum atomic E-state index is 14.9. The first-order valence-corrected chi connectivity index (χ1v) is 9.88. The Kier molecular flexibility index (Phi) is 6.69. The zero-order chi connectivity index (χ0) is 21.0. The fraction of sp³-hybridized carbons (Fsp3) is 0.0476. The maximum absolute atomic E-state index is 14.9. The van der Waals surface area contributed by atoms with Gasteiger partial charge in [0, 0.05) is 10.9 Å². The van der Waals surface area contributed by atoms with Crippen molar-refractivity contribution in [1.29, 1.82) is 0 Å². The molecule has 0 fully saturated rings. The van der Waals surface area contributed by atoms with Gasteiger partial charge < -0.3 is 9.84 Å². The molecule has 0 radical (unpaired) electrons. The van der Waals surface area contributed by atoms with Crippen LogP contribution < -0.4 is 0 Å². The van der Waals surface area contributed by atoms with Gasteiger partial charge in [0.15, 0.2) is 0 Å². The van der Waals surface area contributed by atoms with Crippen LogP contribution in [0, 0.1) is 0 Å². The molecule has 1 aromatic heterocycles. The second-order valence-electron chi connectivity index (χ2n) is 5.82. The molecule has 3 rings (SSSR count). The second-order valence-corrected chi connectivity index (χ2v) is 7.49. The van der Waals surface area contributed by atoms with Crippen LogP contribution in [0.2, 0.25) is 10.0 Å². The van der Waals surface area contributed by atoms with Crippen LogP contribution in [0.3, 0.4) is 0 Å². The van der Waals surface area contributed by atoms with Crippen molar-refractivity contribution >= 4 is 58.0 Å². The number of methoxy groups -OCH3 is 1. The van der Waals surface area contributed by atoms with Crippen molar-refractivity contribution in [3.8, 4) is 10.6 Å². The summed E-state index contributed by atoms with van der Waals surface area (Å²) >= 11 is 13.2. The molecule has 0 bridgehead atoms. The molecule has 148 valence electrons. The summed E-state index contributed by atoms with van der Waals surface area (Å²) in [5, 5.41) is 12.4. The van der Waals surface area contributed by atoms with Crippen molar-refractivity contribution < 1.29 is 19.0 Å². The first-order valence-electron chi connectivity index (χ1n) is 8.25. The van der Waals surface area contributed by atoms with Gasteiger partial charge in [0.05, 0.1) is 23.4 Å². The van der Waals surface area contributed by atoms with Gasteiger partial charge in [-0.25, -0.2) is 14.2 Å². The van der Waals surface area contributed by atoms with E-state index >= 15 is 0 Å². The van der Waals surface area contributed by atoms with E-state index in [0.29, 0.717) is 26.2 Å². The highest BCUT2D eigenvalue weighted by molar-refractivity contribution is 7.13. The molecule has 0 saturated carbocycles. The third-order valence-corrected chi connectivity index (χ3v) is 5.55. The van der Waals surface area contributed by atoms with E-state index in [0.717, 1.165) is 11.8 Å². The van der Waals surface area contributed by atoms with Gasteiger partial charge in [-0.1, -0.05) is 53.5 Å². The van der Waals surface area contributed by atoms with Gasteiger partial charge in [0.2, 0.25) is 0 Å². The van der Waals surface area contributed by atoms with Crippen molar-refractivity contribution in [2.45, 2.75) is 0 Å². The zero-order valence-corrected chi connectivity index (χ0v) is 17.4. The monoisotopic (exact) mass is 449 g/mol. The van der Waals surface area contributed by atoms with Crippen LogP contribution in [0.1, 0.15) is 16.8 Å². The van der Waals surface area contributed by atoms with Crippen molar-refractivity contribution in [3.05, 3.63) is 81.0 Å². The van der Waals surface area contributed by atoms with Crippen molar-refractivity contribution in [1.82, 2.24) is 4.98 Å². The van der Waals surface area contributed by atoms with Crippen LogP contribution in [0.15, 0.2) is 54.1 Å². The Morgan fingerprint density at radius 1 is 1.21 bits per heavy atom. The predicted octanol–water partition coefficient (Wildman–Crippen LogP) is 6.66. The quantitative estimate of drug-likeness (QED) is 0.337. The number of nitrogens with zero attached hydrogens (tertiary/aromatic N) is 1. The van der Waals surface area contributed by atoms with Crippen LogP contribution in [0.5, 0.6) is 0 Å². The topological polar surface area (TPSA) is 59.4 Å². The lowest BCUT2D eigenvalue weighted by atomic mass is 10.00. The summed E-state index contributed by atoms with van der Waals surface area (Å²) in [6, 6.07) is 11.6. The number of thiazole rings is 1. The smallest absolute Gasteiger partial charge is 0.339 e. The average Bonchev–Trinajstić information content (AvgIpc) is 3.19. The zero-order valence-electron chi connectivity index (χ0n) is 15.0. The molecule has 0 amide bonds. The molecule has 4 nitrogen and oxygen atoms in total. The summed E-state index contributed by atoms with van der Waals surface area (Å²) in [7, 11) is 1.35. The standard InChI is InChI=1S/C21H14Cl2FNO3S/c1-28-10-15(21(26)27)14-5-3-2-4-12(14)9-18(24)19-11-29-20(25-19)13-6-7-16(22)17(23)8-13/h2-11H,1H3,(H,26,27)/b15-10-,18-9-.